The fraction of sp³-hybridized carbons (Fsp3) is 0.571. The van der Waals surface area contributed by atoms with Crippen LogP contribution in [0.3, 0.4) is 0 Å². The second-order valence-electron chi connectivity index (χ2n) is 5.11. The molecule has 1 unspecified atom stereocenters. The Morgan fingerprint density at radius 2 is 2.35 bits per heavy atom. The number of amides is 2. The number of likely N-dealkylation sites (N-methyl/N-ethyl adjacent to an activating group) is 2. The molecule has 110 valence electrons. The Labute approximate surface area is 123 Å². The molecule has 1 fully saturated rings. The maximum atomic E-state index is 12.3. The molecule has 0 bridgehead atoms. The van der Waals surface area contributed by atoms with Crippen LogP contribution in [0.1, 0.15) is 22.5 Å². The largest absolute Gasteiger partial charge is 0.340 e. The molecule has 2 amide bonds. The minimum absolute atomic E-state index is 0.0253. The summed E-state index contributed by atoms with van der Waals surface area (Å²) >= 11 is 1.40. The zero-order chi connectivity index (χ0) is 14.5. The maximum absolute atomic E-state index is 12.3. The van der Waals surface area contributed by atoms with Crippen LogP contribution in [0.2, 0.25) is 0 Å². The molecule has 20 heavy (non-hydrogen) atoms. The van der Waals surface area contributed by atoms with E-state index in [2.05, 4.69) is 5.32 Å². The van der Waals surface area contributed by atoms with E-state index in [1.165, 1.54) is 16.2 Å². The van der Waals surface area contributed by atoms with Gasteiger partial charge in [0.25, 0.3) is 5.91 Å². The molecule has 0 radical (unpaired) electrons. The molecule has 0 saturated carbocycles. The molecular formula is C14H21N3O2S. The monoisotopic (exact) mass is 295 g/mol. The minimum Gasteiger partial charge on any atom is -0.340 e. The molecule has 2 heterocycles. The Balaban J connectivity index is 1.89. The number of thiophene rings is 1. The molecule has 1 aromatic rings. The number of nitrogens with one attached hydrogen (secondary N) is 1. The topological polar surface area (TPSA) is 52.7 Å². The van der Waals surface area contributed by atoms with Gasteiger partial charge in [-0.15, -0.1) is 11.3 Å². The van der Waals surface area contributed by atoms with Crippen LogP contribution in [0.4, 0.5) is 0 Å². The van der Waals surface area contributed by atoms with E-state index in [1.807, 2.05) is 23.4 Å². The van der Waals surface area contributed by atoms with Gasteiger partial charge < -0.3 is 15.1 Å². The van der Waals surface area contributed by atoms with E-state index in [0.29, 0.717) is 10.9 Å². The number of carbonyl (C=O) groups is 2. The molecule has 6 heteroatoms. The van der Waals surface area contributed by atoms with Crippen molar-refractivity contribution in [1.29, 1.82) is 0 Å². The van der Waals surface area contributed by atoms with Crippen molar-refractivity contribution in [2.75, 3.05) is 33.7 Å². The van der Waals surface area contributed by atoms with Crippen molar-refractivity contribution in [2.24, 2.45) is 0 Å². The number of rotatable bonds is 4. The molecule has 1 aliphatic heterocycles. The molecule has 1 atom stereocenters. The van der Waals surface area contributed by atoms with E-state index >= 15 is 0 Å². The van der Waals surface area contributed by atoms with E-state index < -0.39 is 0 Å². The number of carbonyl (C=O) groups excluding carboxylic acids is 2. The van der Waals surface area contributed by atoms with Gasteiger partial charge in [-0.2, -0.15) is 0 Å². The van der Waals surface area contributed by atoms with Crippen molar-refractivity contribution < 1.29 is 9.59 Å². The van der Waals surface area contributed by atoms with Crippen LogP contribution in [0.25, 0.3) is 0 Å². The molecule has 0 aromatic carbocycles. The molecule has 1 aliphatic rings. The van der Waals surface area contributed by atoms with E-state index in [4.69, 9.17) is 0 Å². The van der Waals surface area contributed by atoms with Crippen molar-refractivity contribution in [3.63, 3.8) is 0 Å². The predicted octanol–water partition coefficient (Wildman–Crippen LogP) is 1.03. The molecular weight excluding hydrogens is 274 g/mol. The van der Waals surface area contributed by atoms with Gasteiger partial charge in [0.1, 0.15) is 0 Å². The average molecular weight is 295 g/mol. The summed E-state index contributed by atoms with van der Waals surface area (Å²) in [6, 6.07) is 3.99. The van der Waals surface area contributed by atoms with Crippen LogP contribution in [0, 0.1) is 0 Å². The molecule has 5 nitrogen and oxygen atoms in total. The summed E-state index contributed by atoms with van der Waals surface area (Å²) in [4.78, 5) is 28.4. The molecule has 0 aliphatic carbocycles. The first kappa shape index (κ1) is 15.0. The Morgan fingerprint density at radius 1 is 1.55 bits per heavy atom. The Morgan fingerprint density at radius 3 is 3.00 bits per heavy atom. The lowest BCUT2D eigenvalue weighted by Gasteiger charge is -2.33. The molecule has 0 spiro atoms. The summed E-state index contributed by atoms with van der Waals surface area (Å²) in [7, 11) is 3.60. The third-order valence-corrected chi connectivity index (χ3v) is 4.49. The van der Waals surface area contributed by atoms with Gasteiger partial charge in [0.2, 0.25) is 5.91 Å². The number of likely N-dealkylation sites (tertiary alicyclic amines) is 1. The van der Waals surface area contributed by atoms with E-state index in [-0.39, 0.29) is 18.4 Å². The van der Waals surface area contributed by atoms with Crippen LogP contribution < -0.4 is 5.32 Å². The van der Waals surface area contributed by atoms with Crippen LogP contribution in [0.15, 0.2) is 17.5 Å². The molecule has 1 aromatic heterocycles. The van der Waals surface area contributed by atoms with Crippen molar-refractivity contribution >= 4 is 23.2 Å². The first-order valence-corrected chi connectivity index (χ1v) is 7.73. The van der Waals surface area contributed by atoms with Crippen LogP contribution >= 0.6 is 11.3 Å². The highest BCUT2D eigenvalue weighted by molar-refractivity contribution is 7.12. The third kappa shape index (κ3) is 3.58. The van der Waals surface area contributed by atoms with E-state index in [0.717, 1.165) is 25.9 Å². The smallest absolute Gasteiger partial charge is 0.264 e. The van der Waals surface area contributed by atoms with Gasteiger partial charge >= 0.3 is 0 Å². The summed E-state index contributed by atoms with van der Waals surface area (Å²) in [6.45, 7) is 1.67. The van der Waals surface area contributed by atoms with Crippen LogP contribution in [-0.2, 0) is 4.79 Å². The SMILES string of the molecule is CNC1CCCN(C(=O)CN(C)C(=O)c2cccs2)C1. The van der Waals surface area contributed by atoms with Crippen LogP contribution in [-0.4, -0.2) is 61.4 Å². The lowest BCUT2D eigenvalue weighted by atomic mass is 10.1. The number of hydrogen-bond acceptors (Lipinski definition) is 4. The minimum atomic E-state index is -0.0875. The quantitative estimate of drug-likeness (QED) is 0.903. The summed E-state index contributed by atoms with van der Waals surface area (Å²) in [6.07, 6.45) is 2.12. The highest BCUT2D eigenvalue weighted by Crippen LogP contribution is 2.13. The van der Waals surface area contributed by atoms with E-state index in [1.54, 1.807) is 13.1 Å². The first-order chi connectivity index (χ1) is 9.61. The fourth-order valence-corrected chi connectivity index (χ4v) is 3.12. The van der Waals surface area contributed by atoms with Crippen molar-refractivity contribution in [3.8, 4) is 0 Å². The zero-order valence-electron chi connectivity index (χ0n) is 12.0. The van der Waals surface area contributed by atoms with Gasteiger partial charge in [-0.05, 0) is 31.3 Å². The van der Waals surface area contributed by atoms with Gasteiger partial charge in [-0.1, -0.05) is 6.07 Å². The third-order valence-electron chi connectivity index (χ3n) is 3.63. The summed E-state index contributed by atoms with van der Waals surface area (Å²) in [5, 5.41) is 5.08. The summed E-state index contributed by atoms with van der Waals surface area (Å²) in [5.41, 5.74) is 0. The number of piperidine rings is 1. The second kappa shape index (κ2) is 6.85. The molecule has 1 saturated heterocycles. The normalized spacial score (nSPS) is 18.9. The van der Waals surface area contributed by atoms with Crippen LogP contribution in [0.5, 0.6) is 0 Å². The fourth-order valence-electron chi connectivity index (χ4n) is 2.40. The molecule has 2 rings (SSSR count). The lowest BCUT2D eigenvalue weighted by Crippen LogP contribution is -2.50. The standard InChI is InChI=1S/C14H21N3O2S/c1-15-11-5-3-7-17(9-11)13(18)10-16(2)14(19)12-6-4-8-20-12/h4,6,8,11,15H,3,5,7,9-10H2,1-2H3. The number of hydrogen-bond donors (Lipinski definition) is 1. The van der Waals surface area contributed by atoms with Gasteiger partial charge in [0.05, 0.1) is 11.4 Å². The Kier molecular flexibility index (Phi) is 5.14. The Bertz CT molecular complexity index is 461. The van der Waals surface area contributed by atoms with Crippen molar-refractivity contribution in [2.45, 2.75) is 18.9 Å². The zero-order valence-corrected chi connectivity index (χ0v) is 12.8. The summed E-state index contributed by atoms with van der Waals surface area (Å²) < 4.78 is 0. The van der Waals surface area contributed by atoms with E-state index in [9.17, 15) is 9.59 Å². The van der Waals surface area contributed by atoms with Gasteiger partial charge in [0.15, 0.2) is 0 Å². The lowest BCUT2D eigenvalue weighted by molar-refractivity contribution is -0.133. The second-order valence-corrected chi connectivity index (χ2v) is 6.05. The summed E-state index contributed by atoms with van der Waals surface area (Å²) in [5.74, 6) is -0.0621. The highest BCUT2D eigenvalue weighted by atomic mass is 32.1. The van der Waals surface area contributed by atoms with Crippen molar-refractivity contribution in [3.05, 3.63) is 22.4 Å². The highest BCUT2D eigenvalue weighted by Gasteiger charge is 2.24. The predicted molar refractivity (Wildman–Crippen MR) is 79.9 cm³/mol. The Hall–Kier alpha value is -1.40. The molecule has 1 N–H and O–H groups in total. The van der Waals surface area contributed by atoms with Gasteiger partial charge in [0, 0.05) is 26.2 Å². The average Bonchev–Trinajstić information content (AvgIpc) is 3.00. The van der Waals surface area contributed by atoms with Crippen molar-refractivity contribution in [1.82, 2.24) is 15.1 Å². The van der Waals surface area contributed by atoms with Gasteiger partial charge in [-0.25, -0.2) is 0 Å². The maximum Gasteiger partial charge on any atom is 0.264 e. The van der Waals surface area contributed by atoms with Gasteiger partial charge in [-0.3, -0.25) is 9.59 Å². The first-order valence-electron chi connectivity index (χ1n) is 6.86. The number of nitrogens with zero attached hydrogens (tertiary/aromatic N) is 2.